The highest BCUT2D eigenvalue weighted by molar-refractivity contribution is 5.56. The molecule has 0 unspecified atom stereocenters. The fourth-order valence-corrected chi connectivity index (χ4v) is 2.91. The normalized spacial score (nSPS) is 17.9. The van der Waals surface area contributed by atoms with E-state index in [-0.39, 0.29) is 0 Å². The summed E-state index contributed by atoms with van der Waals surface area (Å²) in [4.78, 5) is 2.03. The first-order valence-corrected chi connectivity index (χ1v) is 7.22. The summed E-state index contributed by atoms with van der Waals surface area (Å²) >= 11 is 0. The van der Waals surface area contributed by atoms with Gasteiger partial charge in [-0.05, 0) is 47.7 Å². The first kappa shape index (κ1) is 12.7. The van der Waals surface area contributed by atoms with Crippen LogP contribution in [0.5, 0.6) is 0 Å². The number of anilines is 1. The van der Waals surface area contributed by atoms with Crippen LogP contribution in [0, 0.1) is 11.6 Å². The number of nitrogens with zero attached hydrogens (tertiary/aromatic N) is 5. The zero-order valence-electron chi connectivity index (χ0n) is 11.5. The topological polar surface area (TPSA) is 46.8 Å². The van der Waals surface area contributed by atoms with Crippen LogP contribution in [-0.4, -0.2) is 26.8 Å². The molecule has 2 heterocycles. The SMILES string of the molecule is Fc1cc2c(cc1F)N(Cc1nnnn1C1CC1)CCC2. The van der Waals surface area contributed by atoms with Crippen molar-refractivity contribution in [3.05, 3.63) is 35.2 Å². The Hall–Kier alpha value is -2.05. The maximum atomic E-state index is 13.5. The molecule has 0 bridgehead atoms. The maximum Gasteiger partial charge on any atom is 0.170 e. The van der Waals surface area contributed by atoms with Gasteiger partial charge >= 0.3 is 0 Å². The van der Waals surface area contributed by atoms with Gasteiger partial charge in [-0.3, -0.25) is 0 Å². The second-order valence-electron chi connectivity index (χ2n) is 5.69. The van der Waals surface area contributed by atoms with Gasteiger partial charge in [-0.1, -0.05) is 0 Å². The van der Waals surface area contributed by atoms with Gasteiger partial charge in [0.2, 0.25) is 0 Å². The standard InChI is InChI=1S/C14H15F2N5/c15-11-6-9-2-1-5-20(13(9)7-12(11)16)8-14-17-18-19-21(14)10-3-4-10/h6-7,10H,1-5,8H2. The molecule has 4 rings (SSSR count). The molecule has 21 heavy (non-hydrogen) atoms. The molecule has 2 aromatic rings. The molecule has 0 atom stereocenters. The molecule has 0 N–H and O–H groups in total. The lowest BCUT2D eigenvalue weighted by molar-refractivity contribution is 0.503. The van der Waals surface area contributed by atoms with Crippen molar-refractivity contribution in [3.63, 3.8) is 0 Å². The van der Waals surface area contributed by atoms with Crippen LogP contribution in [0.2, 0.25) is 0 Å². The zero-order valence-corrected chi connectivity index (χ0v) is 11.5. The summed E-state index contributed by atoms with van der Waals surface area (Å²) in [6.45, 7) is 1.33. The molecule has 0 spiro atoms. The van der Waals surface area contributed by atoms with Gasteiger partial charge in [0.1, 0.15) is 0 Å². The molecule has 0 saturated heterocycles. The second-order valence-corrected chi connectivity index (χ2v) is 5.69. The number of rotatable bonds is 3. The minimum atomic E-state index is -0.803. The third-order valence-electron chi connectivity index (χ3n) is 4.12. The van der Waals surface area contributed by atoms with Gasteiger partial charge in [0.05, 0.1) is 12.6 Å². The molecular weight excluding hydrogens is 276 g/mol. The van der Waals surface area contributed by atoms with Gasteiger partial charge < -0.3 is 4.90 Å². The molecule has 5 nitrogen and oxygen atoms in total. The van der Waals surface area contributed by atoms with Crippen LogP contribution in [0.3, 0.4) is 0 Å². The minimum Gasteiger partial charge on any atom is -0.364 e. The van der Waals surface area contributed by atoms with Crippen molar-refractivity contribution in [2.75, 3.05) is 11.4 Å². The van der Waals surface area contributed by atoms with Crippen molar-refractivity contribution in [1.29, 1.82) is 0 Å². The third-order valence-corrected chi connectivity index (χ3v) is 4.12. The number of hydrogen-bond acceptors (Lipinski definition) is 4. The molecule has 1 aliphatic carbocycles. The summed E-state index contributed by atoms with van der Waals surface area (Å²) in [6, 6.07) is 3.00. The van der Waals surface area contributed by atoms with Gasteiger partial charge in [-0.2, -0.15) is 0 Å². The van der Waals surface area contributed by atoms with E-state index < -0.39 is 11.6 Å². The Morgan fingerprint density at radius 2 is 2.00 bits per heavy atom. The molecule has 1 saturated carbocycles. The van der Waals surface area contributed by atoms with Crippen molar-refractivity contribution in [1.82, 2.24) is 20.2 Å². The number of aromatic nitrogens is 4. The number of benzene rings is 1. The molecule has 0 amide bonds. The van der Waals surface area contributed by atoms with Gasteiger partial charge in [0, 0.05) is 18.3 Å². The lowest BCUT2D eigenvalue weighted by Gasteiger charge is -2.30. The van der Waals surface area contributed by atoms with Gasteiger partial charge in [0.15, 0.2) is 17.5 Å². The summed E-state index contributed by atoms with van der Waals surface area (Å²) in [6.07, 6.45) is 3.91. The van der Waals surface area contributed by atoms with Crippen LogP contribution in [0.4, 0.5) is 14.5 Å². The molecule has 110 valence electrons. The highest BCUT2D eigenvalue weighted by atomic mass is 19.2. The molecule has 7 heteroatoms. The number of fused-ring (bicyclic) bond motifs is 1. The number of hydrogen-bond donors (Lipinski definition) is 0. The summed E-state index contributed by atoms with van der Waals surface area (Å²) in [5, 5.41) is 11.8. The Labute approximate surface area is 120 Å². The average molecular weight is 291 g/mol. The zero-order chi connectivity index (χ0) is 14.4. The van der Waals surface area contributed by atoms with Crippen LogP contribution in [-0.2, 0) is 13.0 Å². The molecule has 0 radical (unpaired) electrons. The number of tetrazole rings is 1. The fourth-order valence-electron chi connectivity index (χ4n) is 2.91. The van der Waals surface area contributed by atoms with E-state index in [9.17, 15) is 8.78 Å². The Kier molecular flexibility index (Phi) is 2.87. The van der Waals surface area contributed by atoms with Crippen LogP contribution in [0.1, 0.15) is 36.7 Å². The summed E-state index contributed by atoms with van der Waals surface area (Å²) in [5.41, 5.74) is 1.61. The monoisotopic (exact) mass is 291 g/mol. The molecule has 1 aromatic carbocycles. The number of halogens is 2. The van der Waals surface area contributed by atoms with Gasteiger partial charge in [-0.25, -0.2) is 13.5 Å². The van der Waals surface area contributed by atoms with Gasteiger partial charge in [0.25, 0.3) is 0 Å². The quantitative estimate of drug-likeness (QED) is 0.870. The van der Waals surface area contributed by atoms with E-state index in [1.807, 2.05) is 9.58 Å². The fraction of sp³-hybridized carbons (Fsp3) is 0.500. The minimum absolute atomic E-state index is 0.407. The molecular formula is C14H15F2N5. The second kappa shape index (κ2) is 4.75. The van der Waals surface area contributed by atoms with Crippen LogP contribution < -0.4 is 4.90 Å². The van der Waals surface area contributed by atoms with E-state index in [2.05, 4.69) is 15.5 Å². The Morgan fingerprint density at radius 3 is 2.81 bits per heavy atom. The van der Waals surface area contributed by atoms with E-state index in [1.165, 1.54) is 12.1 Å². The average Bonchev–Trinajstić information content (AvgIpc) is 3.21. The summed E-state index contributed by atoms with van der Waals surface area (Å²) in [5.74, 6) is -0.795. The highest BCUT2D eigenvalue weighted by Crippen LogP contribution is 2.35. The Bertz CT molecular complexity index is 680. The lowest BCUT2D eigenvalue weighted by Crippen LogP contribution is -2.30. The van der Waals surface area contributed by atoms with Crippen molar-refractivity contribution < 1.29 is 8.78 Å². The van der Waals surface area contributed by atoms with Gasteiger partial charge in [-0.15, -0.1) is 5.10 Å². The smallest absolute Gasteiger partial charge is 0.170 e. The molecule has 1 aliphatic heterocycles. The van der Waals surface area contributed by atoms with Crippen LogP contribution in [0.25, 0.3) is 0 Å². The summed E-state index contributed by atoms with van der Waals surface area (Å²) < 4.78 is 28.7. The predicted molar refractivity (Wildman–Crippen MR) is 71.8 cm³/mol. The third kappa shape index (κ3) is 2.26. The van der Waals surface area contributed by atoms with E-state index in [1.54, 1.807) is 0 Å². The van der Waals surface area contributed by atoms with Crippen LogP contribution >= 0.6 is 0 Å². The lowest BCUT2D eigenvalue weighted by atomic mass is 10.0. The first-order chi connectivity index (χ1) is 10.2. The van der Waals surface area contributed by atoms with Crippen molar-refractivity contribution in [2.24, 2.45) is 0 Å². The van der Waals surface area contributed by atoms with E-state index in [4.69, 9.17) is 0 Å². The van der Waals surface area contributed by atoms with E-state index >= 15 is 0 Å². The first-order valence-electron chi connectivity index (χ1n) is 7.22. The van der Waals surface area contributed by atoms with Crippen molar-refractivity contribution in [3.8, 4) is 0 Å². The Balaban J connectivity index is 1.65. The van der Waals surface area contributed by atoms with Crippen molar-refractivity contribution >= 4 is 5.69 Å². The highest BCUT2D eigenvalue weighted by Gasteiger charge is 2.29. The molecule has 2 aliphatic rings. The van der Waals surface area contributed by atoms with E-state index in [0.717, 1.165) is 49.3 Å². The van der Waals surface area contributed by atoms with Crippen LogP contribution in [0.15, 0.2) is 12.1 Å². The largest absolute Gasteiger partial charge is 0.364 e. The molecule has 1 aromatic heterocycles. The number of aryl methyl sites for hydroxylation is 1. The van der Waals surface area contributed by atoms with E-state index in [0.29, 0.717) is 12.6 Å². The predicted octanol–water partition coefficient (Wildman–Crippen LogP) is 2.24. The molecule has 1 fully saturated rings. The van der Waals surface area contributed by atoms with Crippen molar-refractivity contribution in [2.45, 2.75) is 38.3 Å². The Morgan fingerprint density at radius 1 is 1.19 bits per heavy atom. The maximum absolute atomic E-state index is 13.5. The summed E-state index contributed by atoms with van der Waals surface area (Å²) in [7, 11) is 0.